The summed E-state index contributed by atoms with van der Waals surface area (Å²) in [4.78, 5) is 12.4. The second kappa shape index (κ2) is 5.84. The molecule has 0 aliphatic heterocycles. The fourth-order valence-corrected chi connectivity index (χ4v) is 2.14. The van der Waals surface area contributed by atoms with Gasteiger partial charge >= 0.3 is 0 Å². The lowest BCUT2D eigenvalue weighted by molar-refractivity contribution is 0.0975. The molecule has 106 valence electrons. The zero-order valence-electron chi connectivity index (χ0n) is 11.7. The zero-order chi connectivity index (χ0) is 15.6. The summed E-state index contributed by atoms with van der Waals surface area (Å²) < 4.78 is 27.1. The first-order valence-electron chi connectivity index (χ1n) is 6.40. The van der Waals surface area contributed by atoms with Gasteiger partial charge in [-0.2, -0.15) is 5.26 Å². The highest BCUT2D eigenvalue weighted by Gasteiger charge is 2.25. The molecule has 0 radical (unpaired) electrons. The minimum Gasteiger partial charge on any atom is -0.292 e. The van der Waals surface area contributed by atoms with Crippen LogP contribution in [-0.4, -0.2) is 5.78 Å². The van der Waals surface area contributed by atoms with Crippen molar-refractivity contribution < 1.29 is 13.6 Å². The van der Waals surface area contributed by atoms with Gasteiger partial charge in [0, 0.05) is 6.07 Å². The van der Waals surface area contributed by atoms with Gasteiger partial charge in [0.05, 0.1) is 11.6 Å². The largest absolute Gasteiger partial charge is 0.292 e. The van der Waals surface area contributed by atoms with Gasteiger partial charge in [-0.05, 0) is 31.0 Å². The molecule has 0 aromatic heterocycles. The number of hydrogen-bond acceptors (Lipinski definition) is 2. The normalized spacial score (nSPS) is 11.8. The maximum atomic E-state index is 13.8. The Bertz CT molecular complexity index is 747. The molecule has 2 aromatic carbocycles. The van der Waals surface area contributed by atoms with Crippen LogP contribution in [0.2, 0.25) is 0 Å². The van der Waals surface area contributed by atoms with Crippen LogP contribution in [0.4, 0.5) is 8.78 Å². The van der Waals surface area contributed by atoms with Crippen molar-refractivity contribution in [2.24, 2.45) is 0 Å². The molecule has 2 rings (SSSR count). The summed E-state index contributed by atoms with van der Waals surface area (Å²) in [5, 5.41) is 9.25. The van der Waals surface area contributed by atoms with Crippen molar-refractivity contribution in [1.29, 1.82) is 5.26 Å². The van der Waals surface area contributed by atoms with Gasteiger partial charge in [0.25, 0.3) is 0 Å². The standard InChI is InChI=1S/C17H13F2NO/c1-10-4-3-5-12(6-10)14(9-20)17(21)13-7-11(2)15(18)8-16(13)19/h3-8,14H,1-2H3. The molecule has 4 heteroatoms. The number of nitriles is 1. The van der Waals surface area contributed by atoms with Crippen molar-refractivity contribution in [3.63, 3.8) is 0 Å². The summed E-state index contributed by atoms with van der Waals surface area (Å²) in [6, 6.07) is 10.6. The first-order valence-corrected chi connectivity index (χ1v) is 6.40. The van der Waals surface area contributed by atoms with E-state index in [0.29, 0.717) is 11.6 Å². The Morgan fingerprint density at radius 2 is 1.86 bits per heavy atom. The van der Waals surface area contributed by atoms with Gasteiger partial charge in [-0.25, -0.2) is 8.78 Å². The Kier molecular flexibility index (Phi) is 4.13. The van der Waals surface area contributed by atoms with E-state index in [1.165, 1.54) is 6.92 Å². The van der Waals surface area contributed by atoms with Gasteiger partial charge in [0.15, 0.2) is 5.78 Å². The smallest absolute Gasteiger partial charge is 0.187 e. The van der Waals surface area contributed by atoms with E-state index in [2.05, 4.69) is 0 Å². The van der Waals surface area contributed by atoms with Crippen molar-refractivity contribution in [1.82, 2.24) is 0 Å². The van der Waals surface area contributed by atoms with Gasteiger partial charge in [-0.15, -0.1) is 0 Å². The minimum absolute atomic E-state index is 0.167. The highest BCUT2D eigenvalue weighted by molar-refractivity contribution is 6.03. The number of rotatable bonds is 3. The number of nitrogens with zero attached hydrogens (tertiary/aromatic N) is 1. The summed E-state index contributed by atoms with van der Waals surface area (Å²) in [6.45, 7) is 3.28. The second-order valence-electron chi connectivity index (χ2n) is 4.92. The van der Waals surface area contributed by atoms with Crippen LogP contribution in [0.3, 0.4) is 0 Å². The maximum absolute atomic E-state index is 13.8. The molecule has 0 saturated heterocycles. The number of benzene rings is 2. The topological polar surface area (TPSA) is 40.9 Å². The van der Waals surface area contributed by atoms with Gasteiger partial charge in [-0.3, -0.25) is 4.79 Å². The molecule has 0 aliphatic rings. The predicted molar refractivity (Wildman–Crippen MR) is 75.0 cm³/mol. The van der Waals surface area contributed by atoms with Crippen molar-refractivity contribution in [2.75, 3.05) is 0 Å². The Morgan fingerprint density at radius 1 is 1.14 bits per heavy atom. The average molecular weight is 285 g/mol. The van der Waals surface area contributed by atoms with E-state index >= 15 is 0 Å². The minimum atomic E-state index is -1.11. The molecule has 0 bridgehead atoms. The third kappa shape index (κ3) is 2.97. The molecular formula is C17H13F2NO. The number of halogens is 2. The summed E-state index contributed by atoms with van der Waals surface area (Å²) in [6.07, 6.45) is 0. The van der Waals surface area contributed by atoms with Crippen molar-refractivity contribution >= 4 is 5.78 Å². The summed E-state index contributed by atoms with van der Waals surface area (Å²) >= 11 is 0. The summed E-state index contributed by atoms with van der Waals surface area (Å²) in [7, 11) is 0. The molecule has 0 aliphatic carbocycles. The SMILES string of the molecule is Cc1cccc(C(C#N)C(=O)c2cc(C)c(F)cc2F)c1. The summed E-state index contributed by atoms with van der Waals surface area (Å²) in [5.41, 5.74) is 1.31. The van der Waals surface area contributed by atoms with Crippen LogP contribution in [0.1, 0.15) is 33.0 Å². The van der Waals surface area contributed by atoms with Gasteiger partial charge in [0.1, 0.15) is 17.6 Å². The van der Waals surface area contributed by atoms with E-state index in [0.717, 1.165) is 11.6 Å². The quantitative estimate of drug-likeness (QED) is 0.797. The lowest BCUT2D eigenvalue weighted by atomic mass is 9.90. The first kappa shape index (κ1) is 14.9. The fraction of sp³-hybridized carbons (Fsp3) is 0.176. The molecule has 0 spiro atoms. The number of carbonyl (C=O) groups is 1. The highest BCUT2D eigenvalue weighted by Crippen LogP contribution is 2.24. The van der Waals surface area contributed by atoms with Gasteiger partial charge in [-0.1, -0.05) is 29.8 Å². The maximum Gasteiger partial charge on any atom is 0.187 e. The van der Waals surface area contributed by atoms with Crippen LogP contribution in [0, 0.1) is 36.8 Å². The molecule has 0 heterocycles. The lowest BCUT2D eigenvalue weighted by Gasteiger charge is -2.11. The second-order valence-corrected chi connectivity index (χ2v) is 4.92. The average Bonchev–Trinajstić information content (AvgIpc) is 2.43. The molecule has 0 amide bonds. The molecule has 2 aromatic rings. The monoisotopic (exact) mass is 285 g/mol. The van der Waals surface area contributed by atoms with E-state index in [4.69, 9.17) is 0 Å². The first-order chi connectivity index (χ1) is 9.93. The van der Waals surface area contributed by atoms with E-state index in [1.807, 2.05) is 19.1 Å². The number of aryl methyl sites for hydroxylation is 2. The van der Waals surface area contributed by atoms with E-state index in [-0.39, 0.29) is 11.1 Å². The molecule has 0 fully saturated rings. The lowest BCUT2D eigenvalue weighted by Crippen LogP contribution is -2.14. The Hall–Kier alpha value is -2.54. The number of hydrogen-bond donors (Lipinski definition) is 0. The highest BCUT2D eigenvalue weighted by atomic mass is 19.1. The van der Waals surface area contributed by atoms with Crippen LogP contribution in [0.15, 0.2) is 36.4 Å². The molecule has 2 nitrogen and oxygen atoms in total. The van der Waals surface area contributed by atoms with Crippen molar-refractivity contribution in [2.45, 2.75) is 19.8 Å². The third-order valence-electron chi connectivity index (χ3n) is 3.28. The molecule has 1 unspecified atom stereocenters. The van der Waals surface area contributed by atoms with Gasteiger partial charge in [0.2, 0.25) is 0 Å². The van der Waals surface area contributed by atoms with Crippen LogP contribution in [0.5, 0.6) is 0 Å². The number of carbonyl (C=O) groups excluding carboxylic acids is 1. The molecule has 1 atom stereocenters. The number of Topliss-reactive ketones (excluding diaryl/α,β-unsaturated/α-hetero) is 1. The fourth-order valence-electron chi connectivity index (χ4n) is 2.14. The molecule has 0 N–H and O–H groups in total. The van der Waals surface area contributed by atoms with Crippen molar-refractivity contribution in [3.8, 4) is 6.07 Å². The van der Waals surface area contributed by atoms with E-state index in [1.54, 1.807) is 18.2 Å². The van der Waals surface area contributed by atoms with E-state index < -0.39 is 23.3 Å². The van der Waals surface area contributed by atoms with Gasteiger partial charge < -0.3 is 0 Å². The van der Waals surface area contributed by atoms with Crippen molar-refractivity contribution in [3.05, 3.63) is 70.3 Å². The summed E-state index contributed by atoms with van der Waals surface area (Å²) in [5.74, 6) is -3.43. The zero-order valence-corrected chi connectivity index (χ0v) is 11.7. The Balaban J connectivity index is 2.47. The number of ketones is 1. The molecular weight excluding hydrogens is 272 g/mol. The van der Waals surface area contributed by atoms with Crippen LogP contribution < -0.4 is 0 Å². The van der Waals surface area contributed by atoms with Crippen LogP contribution in [0.25, 0.3) is 0 Å². The van der Waals surface area contributed by atoms with Crippen LogP contribution >= 0.6 is 0 Å². The Morgan fingerprint density at radius 3 is 2.48 bits per heavy atom. The molecule has 21 heavy (non-hydrogen) atoms. The van der Waals surface area contributed by atoms with E-state index in [9.17, 15) is 18.8 Å². The van der Waals surface area contributed by atoms with Crippen LogP contribution in [-0.2, 0) is 0 Å². The third-order valence-corrected chi connectivity index (χ3v) is 3.28. The predicted octanol–water partition coefficient (Wildman–Crippen LogP) is 4.07. The Labute approximate surface area is 121 Å². The molecule has 0 saturated carbocycles.